The van der Waals surface area contributed by atoms with Crippen LogP contribution < -0.4 is 10.6 Å². The number of anilines is 1. The number of nitrogens with two attached hydrogens (primary N) is 1. The number of ether oxygens (including phenoxy) is 1. The average molecular weight is 305 g/mol. The first-order chi connectivity index (χ1) is 10.0. The van der Waals surface area contributed by atoms with Gasteiger partial charge in [-0.3, -0.25) is 0 Å². The van der Waals surface area contributed by atoms with Crippen LogP contribution in [0.15, 0.2) is 30.3 Å². The first-order valence-corrected chi connectivity index (χ1v) is 7.01. The molecule has 0 aliphatic carbocycles. The molecular weight excluding hydrogens is 286 g/mol. The zero-order valence-electron chi connectivity index (χ0n) is 12.1. The minimum Gasteiger partial charge on any atom is -0.389 e. The van der Waals surface area contributed by atoms with Crippen LogP contribution in [-0.4, -0.2) is 48.5 Å². The van der Waals surface area contributed by atoms with Gasteiger partial charge >= 0.3 is 0 Å². The van der Waals surface area contributed by atoms with E-state index in [1.54, 1.807) is 7.11 Å². The van der Waals surface area contributed by atoms with Crippen molar-refractivity contribution in [2.45, 2.75) is 6.10 Å². The highest BCUT2D eigenvalue weighted by Crippen LogP contribution is 2.22. The van der Waals surface area contributed by atoms with Crippen molar-refractivity contribution in [3.63, 3.8) is 0 Å². The second-order valence-corrected chi connectivity index (χ2v) is 5.34. The molecule has 0 aliphatic rings. The summed E-state index contributed by atoms with van der Waals surface area (Å²) in [6, 6.07) is 9.56. The molecule has 1 aromatic heterocycles. The maximum Gasteiger partial charge on any atom is 0.129 e. The number of fused-ring (bicyclic) bond motifs is 1. The number of aliphatic hydroxyl groups is 1. The van der Waals surface area contributed by atoms with Crippen LogP contribution in [0.25, 0.3) is 10.9 Å². The second-order valence-electron chi connectivity index (χ2n) is 4.90. The summed E-state index contributed by atoms with van der Waals surface area (Å²) < 4.78 is 4.93. The molecule has 1 atom stereocenters. The first kappa shape index (κ1) is 15.6. The van der Waals surface area contributed by atoms with Gasteiger partial charge in [-0.1, -0.05) is 30.4 Å². The number of methoxy groups -OCH3 is 1. The predicted octanol–water partition coefficient (Wildman–Crippen LogP) is 1.31. The quantitative estimate of drug-likeness (QED) is 0.784. The van der Waals surface area contributed by atoms with E-state index in [-0.39, 0.29) is 6.61 Å². The van der Waals surface area contributed by atoms with Gasteiger partial charge in [-0.25, -0.2) is 4.98 Å². The van der Waals surface area contributed by atoms with E-state index in [0.29, 0.717) is 17.4 Å². The minimum absolute atomic E-state index is 0.278. The molecule has 5 nitrogen and oxygen atoms in total. The van der Waals surface area contributed by atoms with Gasteiger partial charge in [0, 0.05) is 31.7 Å². The van der Waals surface area contributed by atoms with Crippen molar-refractivity contribution in [1.29, 1.82) is 0 Å². The molecule has 2 rings (SSSR count). The van der Waals surface area contributed by atoms with Crippen molar-refractivity contribution in [1.82, 2.24) is 4.98 Å². The van der Waals surface area contributed by atoms with Gasteiger partial charge in [0.2, 0.25) is 0 Å². The Hall–Kier alpha value is -1.76. The van der Waals surface area contributed by atoms with E-state index in [4.69, 9.17) is 22.7 Å². The molecule has 0 fully saturated rings. The van der Waals surface area contributed by atoms with Crippen LogP contribution in [0.1, 0.15) is 5.56 Å². The number of para-hydroxylation sites is 1. The van der Waals surface area contributed by atoms with Gasteiger partial charge in [0.15, 0.2) is 0 Å². The number of thiocarbonyl (C=S) groups is 1. The third-order valence-corrected chi connectivity index (χ3v) is 3.42. The van der Waals surface area contributed by atoms with Gasteiger partial charge < -0.3 is 20.5 Å². The van der Waals surface area contributed by atoms with Crippen LogP contribution in [-0.2, 0) is 4.74 Å². The highest BCUT2D eigenvalue weighted by atomic mass is 32.1. The lowest BCUT2D eigenvalue weighted by molar-refractivity contribution is 0.0694. The lowest BCUT2D eigenvalue weighted by Crippen LogP contribution is -2.32. The molecule has 1 unspecified atom stereocenters. The summed E-state index contributed by atoms with van der Waals surface area (Å²) in [5, 5.41) is 10.8. The van der Waals surface area contributed by atoms with E-state index in [1.165, 1.54) is 0 Å². The summed E-state index contributed by atoms with van der Waals surface area (Å²) in [5.41, 5.74) is 7.43. The monoisotopic (exact) mass is 305 g/mol. The number of likely N-dealkylation sites (N-methyl/N-ethyl adjacent to an activating group) is 1. The van der Waals surface area contributed by atoms with Gasteiger partial charge in [0.25, 0.3) is 0 Å². The maximum atomic E-state index is 9.83. The Morgan fingerprint density at radius 3 is 2.86 bits per heavy atom. The van der Waals surface area contributed by atoms with Crippen LogP contribution in [0.2, 0.25) is 0 Å². The van der Waals surface area contributed by atoms with E-state index in [9.17, 15) is 5.11 Å². The molecule has 2 aromatic rings. The summed E-state index contributed by atoms with van der Waals surface area (Å²) in [6.07, 6.45) is -0.582. The molecular formula is C15H19N3O2S. The summed E-state index contributed by atoms with van der Waals surface area (Å²) in [7, 11) is 3.42. The number of hydrogen-bond acceptors (Lipinski definition) is 5. The van der Waals surface area contributed by atoms with Gasteiger partial charge in [0.05, 0.1) is 18.2 Å². The zero-order valence-corrected chi connectivity index (χ0v) is 12.9. The van der Waals surface area contributed by atoms with Crippen molar-refractivity contribution in [3.05, 3.63) is 35.9 Å². The van der Waals surface area contributed by atoms with Gasteiger partial charge in [-0.2, -0.15) is 0 Å². The normalized spacial score (nSPS) is 12.3. The van der Waals surface area contributed by atoms with Crippen LogP contribution >= 0.6 is 12.2 Å². The fraction of sp³-hybridized carbons (Fsp3) is 0.333. The second kappa shape index (κ2) is 6.80. The third kappa shape index (κ3) is 3.66. The fourth-order valence-corrected chi connectivity index (χ4v) is 2.38. The van der Waals surface area contributed by atoms with Crippen LogP contribution in [0.4, 0.5) is 5.82 Å². The molecule has 0 amide bonds. The van der Waals surface area contributed by atoms with Crippen molar-refractivity contribution < 1.29 is 9.84 Å². The molecule has 21 heavy (non-hydrogen) atoms. The number of aromatic nitrogens is 1. The number of rotatable bonds is 6. The van der Waals surface area contributed by atoms with Crippen LogP contribution in [0.5, 0.6) is 0 Å². The highest BCUT2D eigenvalue weighted by molar-refractivity contribution is 7.80. The topological polar surface area (TPSA) is 71.6 Å². The lowest BCUT2D eigenvalue weighted by Gasteiger charge is -2.22. The predicted molar refractivity (Wildman–Crippen MR) is 88.8 cm³/mol. The Morgan fingerprint density at radius 1 is 1.48 bits per heavy atom. The first-order valence-electron chi connectivity index (χ1n) is 6.60. The van der Waals surface area contributed by atoms with Gasteiger partial charge in [0.1, 0.15) is 10.8 Å². The number of nitrogens with zero attached hydrogens (tertiary/aromatic N) is 2. The standard InChI is InChI=1S/C15H19N3O2S/c1-18(8-10(19)9-20-2)14-7-12(15(16)21)11-5-3-4-6-13(11)17-14/h3-7,10,19H,8-9H2,1-2H3,(H2,16,21). The number of pyridine rings is 1. The Morgan fingerprint density at radius 2 is 2.19 bits per heavy atom. The number of hydrogen-bond donors (Lipinski definition) is 2. The molecule has 0 aliphatic heterocycles. The molecule has 3 N–H and O–H groups in total. The van der Waals surface area contributed by atoms with Gasteiger partial charge in [-0.15, -0.1) is 0 Å². The molecule has 0 saturated carbocycles. The average Bonchev–Trinajstić information content (AvgIpc) is 2.46. The Bertz CT molecular complexity index is 648. The van der Waals surface area contributed by atoms with Crippen molar-refractivity contribution in [3.8, 4) is 0 Å². The van der Waals surface area contributed by atoms with E-state index in [1.807, 2.05) is 42.3 Å². The van der Waals surface area contributed by atoms with E-state index >= 15 is 0 Å². The minimum atomic E-state index is -0.582. The molecule has 0 radical (unpaired) electrons. The van der Waals surface area contributed by atoms with Crippen molar-refractivity contribution in [2.24, 2.45) is 5.73 Å². The van der Waals surface area contributed by atoms with E-state index in [0.717, 1.165) is 16.5 Å². The summed E-state index contributed by atoms with van der Waals surface area (Å²) >= 11 is 5.13. The highest BCUT2D eigenvalue weighted by Gasteiger charge is 2.13. The molecule has 0 bridgehead atoms. The largest absolute Gasteiger partial charge is 0.389 e. The smallest absolute Gasteiger partial charge is 0.129 e. The summed E-state index contributed by atoms with van der Waals surface area (Å²) in [6.45, 7) is 0.691. The van der Waals surface area contributed by atoms with E-state index < -0.39 is 6.10 Å². The van der Waals surface area contributed by atoms with Crippen LogP contribution in [0.3, 0.4) is 0 Å². The maximum absolute atomic E-state index is 9.83. The summed E-state index contributed by atoms with van der Waals surface area (Å²) in [4.78, 5) is 6.78. The zero-order chi connectivity index (χ0) is 15.4. The van der Waals surface area contributed by atoms with Gasteiger partial charge in [-0.05, 0) is 12.1 Å². The number of benzene rings is 1. The Kier molecular flexibility index (Phi) is 5.06. The Balaban J connectivity index is 2.38. The molecule has 0 saturated heterocycles. The lowest BCUT2D eigenvalue weighted by atomic mass is 10.1. The third-order valence-electron chi connectivity index (χ3n) is 3.20. The summed E-state index contributed by atoms with van der Waals surface area (Å²) in [5.74, 6) is 0.714. The SMILES string of the molecule is COCC(O)CN(C)c1cc(C(N)=S)c2ccccc2n1. The fourth-order valence-electron chi connectivity index (χ4n) is 2.22. The molecule has 1 aromatic carbocycles. The van der Waals surface area contributed by atoms with Crippen LogP contribution in [0, 0.1) is 0 Å². The van der Waals surface area contributed by atoms with Crippen molar-refractivity contribution >= 4 is 33.9 Å². The number of aliphatic hydroxyl groups excluding tert-OH is 1. The molecule has 112 valence electrons. The van der Waals surface area contributed by atoms with Crippen molar-refractivity contribution in [2.75, 3.05) is 32.2 Å². The molecule has 0 spiro atoms. The molecule has 6 heteroatoms. The molecule has 1 heterocycles. The Labute approximate surface area is 129 Å². The van der Waals surface area contributed by atoms with E-state index in [2.05, 4.69) is 4.98 Å².